The van der Waals surface area contributed by atoms with Crippen molar-refractivity contribution in [2.75, 3.05) is 41.3 Å². The van der Waals surface area contributed by atoms with Crippen molar-refractivity contribution in [1.82, 2.24) is 21.3 Å². The summed E-state index contributed by atoms with van der Waals surface area (Å²) in [5, 5.41) is 25.2. The van der Waals surface area contributed by atoms with Gasteiger partial charge in [-0.3, -0.25) is 0 Å². The van der Waals surface area contributed by atoms with Crippen LogP contribution in [0.4, 0.5) is 4.39 Å². The molecule has 0 saturated heterocycles. The van der Waals surface area contributed by atoms with E-state index in [1.807, 2.05) is 47.3 Å². The molecule has 2 rings (SSSR count). The van der Waals surface area contributed by atoms with Gasteiger partial charge in [0.2, 0.25) is 0 Å². The molecule has 1 heterocycles. The first-order valence-corrected chi connectivity index (χ1v) is 12.5. The molecule has 1 aromatic carbocycles. The van der Waals surface area contributed by atoms with Crippen LogP contribution in [0, 0.1) is 11.2 Å². The quantitative estimate of drug-likeness (QED) is 0.137. The molecule has 0 aromatic heterocycles. The van der Waals surface area contributed by atoms with Gasteiger partial charge in [-0.05, 0) is 73.6 Å². The third-order valence-corrected chi connectivity index (χ3v) is 5.46. The van der Waals surface area contributed by atoms with Crippen molar-refractivity contribution >= 4 is 22.5 Å². The van der Waals surface area contributed by atoms with Crippen LogP contribution in [0.5, 0.6) is 5.75 Å². The monoisotopic (exact) mass is 532 g/mol. The van der Waals surface area contributed by atoms with Crippen LogP contribution in [-0.4, -0.2) is 51.9 Å². The fourth-order valence-corrected chi connectivity index (χ4v) is 3.73. The van der Waals surface area contributed by atoms with Gasteiger partial charge in [0, 0.05) is 25.7 Å². The molecule has 5 N–H and O–H groups in total. The maximum Gasteiger partial charge on any atom is 1.00 e. The number of amidine groups is 1. The number of nitrogens with zero attached hydrogens (tertiary/aromatic N) is 1. The number of hydrogen-bond donors (Lipinski definition) is 5. The molecule has 192 valence electrons. The van der Waals surface area contributed by atoms with E-state index >= 15 is 0 Å². The van der Waals surface area contributed by atoms with E-state index in [-0.39, 0.29) is 67.7 Å². The Bertz CT molecular complexity index is 804. The fourth-order valence-electron chi connectivity index (χ4n) is 2.83. The number of methoxy groups -OCH3 is 1. The number of benzene rings is 1. The van der Waals surface area contributed by atoms with Crippen molar-refractivity contribution in [3.8, 4) is 5.75 Å². The van der Waals surface area contributed by atoms with Gasteiger partial charge >= 0.3 is 51.4 Å². The number of thioether (sulfide) groups is 1. The van der Waals surface area contributed by atoms with E-state index in [4.69, 9.17) is 10.1 Å². The van der Waals surface area contributed by atoms with E-state index < -0.39 is 0 Å². The third-order valence-electron chi connectivity index (χ3n) is 4.39. The molecule has 35 heavy (non-hydrogen) atoms. The Balaban J connectivity index is 0. The largest absolute Gasteiger partial charge is 1.00 e. The van der Waals surface area contributed by atoms with E-state index in [9.17, 15) is 4.39 Å². The maximum absolute atomic E-state index is 13.7. The molecule has 0 radical (unpaired) electrons. The van der Waals surface area contributed by atoms with E-state index in [0.717, 1.165) is 25.0 Å². The van der Waals surface area contributed by atoms with Crippen molar-refractivity contribution in [2.45, 2.75) is 39.0 Å². The van der Waals surface area contributed by atoms with Gasteiger partial charge in [-0.1, -0.05) is 33.3 Å². The summed E-state index contributed by atoms with van der Waals surface area (Å²) >= 11 is 1.39. The molecule has 10 heteroatoms. The summed E-state index contributed by atoms with van der Waals surface area (Å²) in [5.74, 6) is 0.249. The van der Waals surface area contributed by atoms with Gasteiger partial charge in [0.05, 0.1) is 12.5 Å². The van der Waals surface area contributed by atoms with Crippen molar-refractivity contribution in [3.63, 3.8) is 0 Å². The van der Waals surface area contributed by atoms with Gasteiger partial charge in [-0.15, -0.1) is 11.8 Å². The van der Waals surface area contributed by atoms with Crippen LogP contribution in [0.3, 0.4) is 0 Å². The molecule has 1 atom stereocenters. The Morgan fingerprint density at radius 1 is 1.31 bits per heavy atom. The minimum absolute atomic E-state index is 0. The summed E-state index contributed by atoms with van der Waals surface area (Å²) in [6.07, 6.45) is 9.49. The topological polar surface area (TPSA) is 95.3 Å². The number of dihydropyridines is 1. The van der Waals surface area contributed by atoms with Crippen LogP contribution in [0.15, 0.2) is 48.4 Å². The number of ether oxygens (including phenoxy) is 1. The van der Waals surface area contributed by atoms with Crippen molar-refractivity contribution < 1.29 is 60.5 Å². The second-order valence-corrected chi connectivity index (χ2v) is 7.96. The standard InChI is InChI=1S/C18H24FN4OS.C5H12N2.C2H6.K/c1-4-5-17(21-2)25-18(20)23-15-8-9-22-11-14(15)13-10-12(19)6-7-16(13)24-3;1-6-4-3-5-7-2;1-2;/h6-10,17,21-22H,4-5,11H2,1-3H3,(H-,20,23);3-4,6-7H,5H2,1-2H3;1-2H3;/q-1;;;+1/b;4-3-;;. The Kier molecular flexibility index (Phi) is 24.4. The van der Waals surface area contributed by atoms with Crippen LogP contribution in [0.25, 0.3) is 10.9 Å². The molecule has 0 saturated carbocycles. The number of hydrogen-bond acceptors (Lipinski definition) is 7. The summed E-state index contributed by atoms with van der Waals surface area (Å²) in [5.41, 5.74) is 2.10. The summed E-state index contributed by atoms with van der Waals surface area (Å²) in [6.45, 7) is 7.54. The number of allylic oxidation sites excluding steroid dienone is 1. The van der Waals surface area contributed by atoms with Crippen molar-refractivity contribution in [1.29, 1.82) is 5.41 Å². The molecular formula is C25H42FKN6OS. The zero-order valence-electron chi connectivity index (χ0n) is 22.6. The fraction of sp³-hybridized carbons (Fsp3) is 0.480. The molecule has 0 bridgehead atoms. The molecular weight excluding hydrogens is 490 g/mol. The normalized spacial score (nSPS) is 12.8. The predicted molar refractivity (Wildman–Crippen MR) is 147 cm³/mol. The Labute approximate surface area is 258 Å². The van der Waals surface area contributed by atoms with Gasteiger partial charge in [0.1, 0.15) is 11.6 Å². The van der Waals surface area contributed by atoms with E-state index in [2.05, 4.69) is 33.5 Å². The molecule has 1 aromatic rings. The molecule has 1 aliphatic rings. The second-order valence-electron chi connectivity index (χ2n) is 6.77. The van der Waals surface area contributed by atoms with Crippen LogP contribution >= 0.6 is 11.8 Å². The molecule has 7 nitrogen and oxygen atoms in total. The number of rotatable bonds is 10. The number of halogens is 1. The van der Waals surface area contributed by atoms with Crippen LogP contribution in [0.1, 0.15) is 39.2 Å². The number of likely N-dealkylation sites (N-methyl/N-ethyl adjacent to an activating group) is 1. The van der Waals surface area contributed by atoms with E-state index in [0.29, 0.717) is 23.6 Å². The second kappa shape index (κ2) is 23.5. The Morgan fingerprint density at radius 3 is 2.60 bits per heavy atom. The summed E-state index contributed by atoms with van der Waals surface area (Å²) in [7, 11) is 7.24. The maximum atomic E-state index is 13.7. The average Bonchev–Trinajstić information content (AvgIpc) is 2.86. The molecule has 0 amide bonds. The zero-order chi connectivity index (χ0) is 25.8. The van der Waals surface area contributed by atoms with E-state index in [1.54, 1.807) is 25.5 Å². The number of nitrogens with one attached hydrogen (secondary N) is 5. The first-order valence-electron chi connectivity index (χ1n) is 11.6. The molecule has 1 unspecified atom stereocenters. The molecule has 0 spiro atoms. The van der Waals surface area contributed by atoms with Gasteiger partial charge in [0.15, 0.2) is 0 Å². The minimum atomic E-state index is -0.333. The SMILES string of the molecule is CC.CCCC(NC)SC(=N)[N-]C1=C(c2cc(F)ccc2OC)CNC=C1.CN/C=C\CNC.[K+]. The summed E-state index contributed by atoms with van der Waals surface area (Å²) in [4.78, 5) is 0. The minimum Gasteiger partial charge on any atom is -0.496 e. The van der Waals surface area contributed by atoms with Gasteiger partial charge in [-0.2, -0.15) is 0 Å². The zero-order valence-corrected chi connectivity index (χ0v) is 26.5. The predicted octanol–water partition coefficient (Wildman–Crippen LogP) is 2.02. The summed E-state index contributed by atoms with van der Waals surface area (Å²) in [6, 6.07) is 4.41. The average molecular weight is 533 g/mol. The molecule has 0 fully saturated rings. The van der Waals surface area contributed by atoms with Gasteiger partial charge in [-0.25, -0.2) is 4.39 Å². The van der Waals surface area contributed by atoms with E-state index in [1.165, 1.54) is 23.9 Å². The smallest absolute Gasteiger partial charge is 0.496 e. The van der Waals surface area contributed by atoms with Gasteiger partial charge < -0.3 is 36.7 Å². The molecule has 1 aliphatic heterocycles. The first-order chi connectivity index (χ1) is 16.5. The van der Waals surface area contributed by atoms with Crippen molar-refractivity contribution in [3.05, 3.63) is 65.1 Å². The van der Waals surface area contributed by atoms with Crippen LogP contribution in [0.2, 0.25) is 0 Å². The molecule has 0 aliphatic carbocycles. The Morgan fingerprint density at radius 2 is 2.03 bits per heavy atom. The summed E-state index contributed by atoms with van der Waals surface area (Å²) < 4.78 is 19.1. The van der Waals surface area contributed by atoms with Crippen LogP contribution in [-0.2, 0) is 0 Å². The van der Waals surface area contributed by atoms with Crippen molar-refractivity contribution in [2.24, 2.45) is 0 Å². The third kappa shape index (κ3) is 15.1. The Hall–Kier alpha value is -0.854. The first kappa shape index (κ1) is 36.3. The van der Waals surface area contributed by atoms with Gasteiger partial charge in [0.25, 0.3) is 0 Å². The van der Waals surface area contributed by atoms with Crippen LogP contribution < -0.4 is 77.4 Å².